The molecule has 1 aliphatic heterocycles. The fraction of sp³-hybridized carbons (Fsp3) is 0.929. The maximum absolute atomic E-state index is 11.8. The van der Waals surface area contributed by atoms with Crippen molar-refractivity contribution >= 4 is 9.84 Å². The summed E-state index contributed by atoms with van der Waals surface area (Å²) in [4.78, 5) is 0. The summed E-state index contributed by atoms with van der Waals surface area (Å²) in [6.45, 7) is 0. The van der Waals surface area contributed by atoms with Gasteiger partial charge in [0.25, 0.3) is 0 Å². The van der Waals surface area contributed by atoms with Crippen LogP contribution in [0.25, 0.3) is 0 Å². The highest BCUT2D eigenvalue weighted by molar-refractivity contribution is 7.91. The Morgan fingerprint density at radius 1 is 1.16 bits per heavy atom. The summed E-state index contributed by atoms with van der Waals surface area (Å²) in [6.07, 6.45) is 6.03. The second-order valence-electron chi connectivity index (χ2n) is 6.76. The van der Waals surface area contributed by atoms with Crippen molar-refractivity contribution in [2.45, 2.75) is 50.5 Å². The third-order valence-corrected chi connectivity index (χ3v) is 7.22. The molecule has 2 saturated carbocycles. The molecule has 3 aliphatic rings. The molecule has 1 saturated heterocycles. The number of aliphatic hydroxyl groups is 1. The standard InChI is InChI=1S/C14H21NO3S/c15-9-13(6-7-19(17,18)10-13)14(16)5-1-2-12(8-14)11-3-4-11/h11-12,16H,1-8,10H2. The van der Waals surface area contributed by atoms with E-state index in [1.165, 1.54) is 12.8 Å². The predicted molar refractivity (Wildman–Crippen MR) is 70.9 cm³/mol. The molecule has 4 nitrogen and oxygen atoms in total. The first kappa shape index (κ1) is 13.4. The predicted octanol–water partition coefficient (Wildman–Crippen LogP) is 1.65. The van der Waals surface area contributed by atoms with Crippen LogP contribution in [-0.2, 0) is 9.84 Å². The third kappa shape index (κ3) is 2.19. The van der Waals surface area contributed by atoms with E-state index in [1.54, 1.807) is 0 Å². The molecule has 0 aromatic heterocycles. The minimum absolute atomic E-state index is 0.0525. The zero-order chi connectivity index (χ0) is 13.7. The number of rotatable bonds is 2. The molecule has 3 unspecified atom stereocenters. The van der Waals surface area contributed by atoms with Crippen LogP contribution in [0.15, 0.2) is 0 Å². The molecule has 2 aliphatic carbocycles. The molecule has 0 spiro atoms. The Morgan fingerprint density at radius 3 is 2.42 bits per heavy atom. The van der Waals surface area contributed by atoms with Crippen LogP contribution in [0.2, 0.25) is 0 Å². The van der Waals surface area contributed by atoms with Gasteiger partial charge < -0.3 is 5.11 Å². The fourth-order valence-corrected chi connectivity index (χ4v) is 6.14. The summed E-state index contributed by atoms with van der Waals surface area (Å²) in [5.74, 6) is 1.11. The Kier molecular flexibility index (Phi) is 2.96. The molecule has 1 N–H and O–H groups in total. The van der Waals surface area contributed by atoms with Gasteiger partial charge in [-0.05, 0) is 50.4 Å². The molecule has 0 amide bonds. The van der Waals surface area contributed by atoms with Gasteiger partial charge in [0, 0.05) is 0 Å². The highest BCUT2D eigenvalue weighted by Gasteiger charge is 2.58. The van der Waals surface area contributed by atoms with Crippen LogP contribution in [0.3, 0.4) is 0 Å². The normalized spacial score (nSPS) is 45.8. The van der Waals surface area contributed by atoms with Gasteiger partial charge in [-0.3, -0.25) is 0 Å². The minimum Gasteiger partial charge on any atom is -0.388 e. The van der Waals surface area contributed by atoms with Gasteiger partial charge in [0.15, 0.2) is 9.84 Å². The van der Waals surface area contributed by atoms with Crippen molar-refractivity contribution < 1.29 is 13.5 Å². The van der Waals surface area contributed by atoms with Crippen molar-refractivity contribution in [2.24, 2.45) is 17.3 Å². The van der Waals surface area contributed by atoms with E-state index in [0.717, 1.165) is 12.8 Å². The number of nitrogens with zero attached hydrogens (tertiary/aromatic N) is 1. The Hall–Kier alpha value is -0.600. The molecule has 0 radical (unpaired) electrons. The SMILES string of the molecule is N#CC1(C2(O)CCCC(C3CC3)C2)CCS(=O)(=O)C1. The molecular formula is C14H21NO3S. The van der Waals surface area contributed by atoms with Crippen LogP contribution < -0.4 is 0 Å². The molecule has 0 aromatic rings. The van der Waals surface area contributed by atoms with E-state index in [9.17, 15) is 18.8 Å². The zero-order valence-electron chi connectivity index (χ0n) is 11.1. The lowest BCUT2D eigenvalue weighted by Crippen LogP contribution is -2.51. The van der Waals surface area contributed by atoms with E-state index in [4.69, 9.17) is 0 Å². The summed E-state index contributed by atoms with van der Waals surface area (Å²) in [7, 11) is -3.16. The average Bonchev–Trinajstić information content (AvgIpc) is 3.14. The molecule has 19 heavy (non-hydrogen) atoms. The van der Waals surface area contributed by atoms with Gasteiger partial charge >= 0.3 is 0 Å². The van der Waals surface area contributed by atoms with E-state index >= 15 is 0 Å². The van der Waals surface area contributed by atoms with Gasteiger partial charge in [-0.15, -0.1) is 0 Å². The first-order valence-corrected chi connectivity index (χ1v) is 9.06. The molecule has 5 heteroatoms. The van der Waals surface area contributed by atoms with Gasteiger partial charge in [-0.1, -0.05) is 6.42 Å². The lowest BCUT2D eigenvalue weighted by atomic mass is 9.62. The third-order valence-electron chi connectivity index (χ3n) is 5.46. The molecular weight excluding hydrogens is 262 g/mol. The number of sulfone groups is 1. The van der Waals surface area contributed by atoms with Gasteiger partial charge in [-0.2, -0.15) is 5.26 Å². The average molecular weight is 283 g/mol. The van der Waals surface area contributed by atoms with E-state index in [0.29, 0.717) is 31.1 Å². The maximum atomic E-state index is 11.8. The van der Waals surface area contributed by atoms with E-state index < -0.39 is 20.9 Å². The molecule has 0 aromatic carbocycles. The second kappa shape index (κ2) is 4.20. The van der Waals surface area contributed by atoms with Crippen LogP contribution in [0.5, 0.6) is 0 Å². The van der Waals surface area contributed by atoms with Gasteiger partial charge in [-0.25, -0.2) is 8.42 Å². The molecule has 106 valence electrons. The second-order valence-corrected chi connectivity index (χ2v) is 8.95. The van der Waals surface area contributed by atoms with Crippen molar-refractivity contribution in [2.75, 3.05) is 11.5 Å². The zero-order valence-corrected chi connectivity index (χ0v) is 12.0. The quantitative estimate of drug-likeness (QED) is 0.835. The smallest absolute Gasteiger partial charge is 0.152 e. The summed E-state index contributed by atoms with van der Waals surface area (Å²) in [6, 6.07) is 2.19. The van der Waals surface area contributed by atoms with E-state index in [2.05, 4.69) is 6.07 Å². The Labute approximate surface area is 114 Å². The largest absolute Gasteiger partial charge is 0.388 e. The van der Waals surface area contributed by atoms with E-state index in [-0.39, 0.29) is 11.5 Å². The first-order chi connectivity index (χ1) is 8.90. The van der Waals surface area contributed by atoms with Gasteiger partial charge in [0.2, 0.25) is 0 Å². The van der Waals surface area contributed by atoms with Crippen molar-refractivity contribution in [3.63, 3.8) is 0 Å². The summed E-state index contributed by atoms with van der Waals surface area (Å²) in [5.41, 5.74) is -2.14. The van der Waals surface area contributed by atoms with Crippen LogP contribution in [0, 0.1) is 28.6 Å². The highest BCUT2D eigenvalue weighted by Crippen LogP contribution is 2.54. The molecule has 3 rings (SSSR count). The van der Waals surface area contributed by atoms with Crippen molar-refractivity contribution in [3.05, 3.63) is 0 Å². The topological polar surface area (TPSA) is 78.2 Å². The molecule has 3 atom stereocenters. The van der Waals surface area contributed by atoms with Crippen molar-refractivity contribution in [1.82, 2.24) is 0 Å². The Bertz CT molecular complexity index is 519. The van der Waals surface area contributed by atoms with Gasteiger partial charge in [0.1, 0.15) is 5.41 Å². The monoisotopic (exact) mass is 283 g/mol. The van der Waals surface area contributed by atoms with Crippen LogP contribution >= 0.6 is 0 Å². The summed E-state index contributed by atoms with van der Waals surface area (Å²) < 4.78 is 23.5. The van der Waals surface area contributed by atoms with Crippen LogP contribution in [-0.4, -0.2) is 30.6 Å². The van der Waals surface area contributed by atoms with Crippen LogP contribution in [0.1, 0.15) is 44.9 Å². The molecule has 0 bridgehead atoms. The Balaban J connectivity index is 1.87. The number of hydrogen-bond acceptors (Lipinski definition) is 4. The Morgan fingerprint density at radius 2 is 1.89 bits per heavy atom. The number of nitriles is 1. The number of hydrogen-bond donors (Lipinski definition) is 1. The first-order valence-electron chi connectivity index (χ1n) is 7.24. The highest BCUT2D eigenvalue weighted by atomic mass is 32.2. The lowest BCUT2D eigenvalue weighted by molar-refractivity contribution is -0.0891. The minimum atomic E-state index is -3.16. The van der Waals surface area contributed by atoms with E-state index in [1.807, 2.05) is 0 Å². The van der Waals surface area contributed by atoms with Gasteiger partial charge in [0.05, 0.1) is 23.2 Å². The lowest BCUT2D eigenvalue weighted by Gasteiger charge is -2.45. The van der Waals surface area contributed by atoms with Crippen molar-refractivity contribution in [3.8, 4) is 6.07 Å². The molecule has 1 heterocycles. The van der Waals surface area contributed by atoms with Crippen molar-refractivity contribution in [1.29, 1.82) is 5.26 Å². The maximum Gasteiger partial charge on any atom is 0.152 e. The fourth-order valence-electron chi connectivity index (χ4n) is 4.11. The van der Waals surface area contributed by atoms with Crippen LogP contribution in [0.4, 0.5) is 0 Å². The molecule has 3 fully saturated rings. The summed E-state index contributed by atoms with van der Waals surface area (Å²) in [5, 5.41) is 20.5. The summed E-state index contributed by atoms with van der Waals surface area (Å²) >= 11 is 0.